The molecule has 136 valence electrons. The Labute approximate surface area is 154 Å². The minimum absolute atomic E-state index is 0.0562. The van der Waals surface area contributed by atoms with Crippen molar-refractivity contribution in [1.82, 2.24) is 0 Å². The van der Waals surface area contributed by atoms with Crippen LogP contribution in [0.2, 0.25) is 0 Å². The lowest BCUT2D eigenvalue weighted by atomic mass is 9.92. The molecule has 4 heteroatoms. The summed E-state index contributed by atoms with van der Waals surface area (Å²) in [4.78, 5) is 10.6. The van der Waals surface area contributed by atoms with E-state index in [2.05, 4.69) is 12.1 Å². The molecule has 26 heavy (non-hydrogen) atoms. The number of benzene rings is 2. The van der Waals surface area contributed by atoms with Crippen molar-refractivity contribution < 1.29 is 19.4 Å². The van der Waals surface area contributed by atoms with Crippen molar-refractivity contribution in [2.45, 2.75) is 31.7 Å². The molecule has 2 aromatic rings. The predicted molar refractivity (Wildman–Crippen MR) is 99.5 cm³/mol. The van der Waals surface area contributed by atoms with Crippen molar-refractivity contribution in [3.05, 3.63) is 83.9 Å². The highest BCUT2D eigenvalue weighted by atomic mass is 16.7. The number of hydrogen-bond acceptors (Lipinski definition) is 3. The summed E-state index contributed by atoms with van der Waals surface area (Å²) in [5, 5.41) is 8.72. The number of hydrogen-bond donors (Lipinski definition) is 1. The van der Waals surface area contributed by atoms with Gasteiger partial charge in [0.25, 0.3) is 0 Å². The molecule has 1 N–H and O–H groups in total. The second kappa shape index (κ2) is 9.32. The lowest BCUT2D eigenvalue weighted by Gasteiger charge is -2.36. The summed E-state index contributed by atoms with van der Waals surface area (Å²) in [7, 11) is 0. The molecule has 0 amide bonds. The third-order valence-corrected chi connectivity index (χ3v) is 4.49. The Morgan fingerprint density at radius 1 is 1.00 bits per heavy atom. The van der Waals surface area contributed by atoms with Gasteiger partial charge in [0.05, 0.1) is 12.7 Å². The van der Waals surface area contributed by atoms with Gasteiger partial charge in [0.1, 0.15) is 0 Å². The summed E-state index contributed by atoms with van der Waals surface area (Å²) in [6.07, 6.45) is 5.05. The molecule has 1 saturated heterocycles. The van der Waals surface area contributed by atoms with Gasteiger partial charge in [-0.25, -0.2) is 0 Å². The van der Waals surface area contributed by atoms with E-state index in [-0.39, 0.29) is 24.7 Å². The summed E-state index contributed by atoms with van der Waals surface area (Å²) in [5.74, 6) is -0.578. The SMILES string of the molecule is O=C(O)CC/C=C\CC1COC(c2ccccc2)OC1c1ccccc1. The minimum atomic E-state index is -0.771. The molecule has 0 aromatic heterocycles. The number of allylic oxidation sites excluding steroid dienone is 2. The number of carboxylic acids is 1. The zero-order chi connectivity index (χ0) is 18.2. The Morgan fingerprint density at radius 2 is 1.65 bits per heavy atom. The van der Waals surface area contributed by atoms with E-state index in [9.17, 15) is 4.79 Å². The number of rotatable bonds is 7. The van der Waals surface area contributed by atoms with Gasteiger partial charge in [-0.15, -0.1) is 0 Å². The van der Waals surface area contributed by atoms with Crippen LogP contribution in [0.4, 0.5) is 0 Å². The average molecular weight is 352 g/mol. The molecule has 3 unspecified atom stereocenters. The van der Waals surface area contributed by atoms with E-state index in [1.807, 2.05) is 60.7 Å². The first kappa shape index (κ1) is 18.4. The van der Waals surface area contributed by atoms with Crippen molar-refractivity contribution >= 4 is 5.97 Å². The van der Waals surface area contributed by atoms with Crippen LogP contribution in [0.5, 0.6) is 0 Å². The second-order valence-electron chi connectivity index (χ2n) is 6.44. The molecule has 0 spiro atoms. The standard InChI is InChI=1S/C22H24O4/c23-20(24)15-9-3-8-14-19-16-25-22(18-12-6-2-7-13-18)26-21(19)17-10-4-1-5-11-17/h1-8,10-13,19,21-22H,9,14-16H2,(H,23,24)/b8-3-. The van der Waals surface area contributed by atoms with Crippen LogP contribution < -0.4 is 0 Å². The first-order valence-corrected chi connectivity index (χ1v) is 8.98. The smallest absolute Gasteiger partial charge is 0.303 e. The van der Waals surface area contributed by atoms with Gasteiger partial charge in [-0.2, -0.15) is 0 Å². The minimum Gasteiger partial charge on any atom is -0.481 e. The molecule has 0 aliphatic carbocycles. The fourth-order valence-corrected chi connectivity index (χ4v) is 3.15. The van der Waals surface area contributed by atoms with Crippen LogP contribution in [0.1, 0.15) is 42.8 Å². The molecule has 0 radical (unpaired) electrons. The molecule has 1 aliphatic heterocycles. The molecule has 3 atom stereocenters. The third kappa shape index (κ3) is 5.04. The number of carbonyl (C=O) groups is 1. The highest BCUT2D eigenvalue weighted by Gasteiger charge is 2.33. The maximum Gasteiger partial charge on any atom is 0.303 e. The first-order valence-electron chi connectivity index (χ1n) is 8.98. The zero-order valence-corrected chi connectivity index (χ0v) is 14.7. The van der Waals surface area contributed by atoms with E-state index in [1.165, 1.54) is 0 Å². The van der Waals surface area contributed by atoms with E-state index in [4.69, 9.17) is 14.6 Å². The van der Waals surface area contributed by atoms with Gasteiger partial charge in [-0.1, -0.05) is 72.8 Å². The Kier molecular flexibility index (Phi) is 6.58. The van der Waals surface area contributed by atoms with E-state index < -0.39 is 5.97 Å². The number of ether oxygens (including phenoxy) is 2. The van der Waals surface area contributed by atoms with Gasteiger partial charge in [-0.3, -0.25) is 4.79 Å². The maximum absolute atomic E-state index is 10.6. The van der Waals surface area contributed by atoms with Crippen molar-refractivity contribution in [2.75, 3.05) is 6.61 Å². The summed E-state index contributed by atoms with van der Waals surface area (Å²) < 4.78 is 12.3. The second-order valence-corrected chi connectivity index (χ2v) is 6.44. The molecule has 3 rings (SSSR count). The van der Waals surface area contributed by atoms with Crippen LogP contribution in [0.15, 0.2) is 72.8 Å². The van der Waals surface area contributed by atoms with Crippen LogP contribution >= 0.6 is 0 Å². The topological polar surface area (TPSA) is 55.8 Å². The van der Waals surface area contributed by atoms with Crippen molar-refractivity contribution in [2.24, 2.45) is 5.92 Å². The molecule has 1 aliphatic rings. The Morgan fingerprint density at radius 3 is 2.31 bits per heavy atom. The Bertz CT molecular complexity index is 711. The highest BCUT2D eigenvalue weighted by molar-refractivity contribution is 5.66. The molecule has 0 saturated carbocycles. The predicted octanol–water partition coefficient (Wildman–Crippen LogP) is 4.90. The first-order chi connectivity index (χ1) is 12.7. The summed E-state index contributed by atoms with van der Waals surface area (Å²) in [5.41, 5.74) is 2.16. The van der Waals surface area contributed by atoms with Crippen LogP contribution in [0, 0.1) is 5.92 Å². The molecule has 1 heterocycles. The average Bonchev–Trinajstić information content (AvgIpc) is 2.69. The van der Waals surface area contributed by atoms with Crippen LogP contribution in [0.3, 0.4) is 0 Å². The lowest BCUT2D eigenvalue weighted by molar-refractivity contribution is -0.243. The van der Waals surface area contributed by atoms with Crippen molar-refractivity contribution in [1.29, 1.82) is 0 Å². The van der Waals surface area contributed by atoms with E-state index in [1.54, 1.807) is 0 Å². The van der Waals surface area contributed by atoms with E-state index >= 15 is 0 Å². The molecular formula is C22H24O4. The van der Waals surface area contributed by atoms with Gasteiger partial charge < -0.3 is 14.6 Å². The van der Waals surface area contributed by atoms with Gasteiger partial charge in [0, 0.05) is 17.9 Å². The molecule has 0 bridgehead atoms. The van der Waals surface area contributed by atoms with Gasteiger partial charge in [0.2, 0.25) is 0 Å². The fourth-order valence-electron chi connectivity index (χ4n) is 3.15. The maximum atomic E-state index is 10.6. The van der Waals surface area contributed by atoms with E-state index in [0.29, 0.717) is 13.0 Å². The van der Waals surface area contributed by atoms with Gasteiger partial charge >= 0.3 is 5.97 Å². The molecule has 4 nitrogen and oxygen atoms in total. The number of carboxylic acid groups (broad SMARTS) is 1. The largest absolute Gasteiger partial charge is 0.481 e. The molecular weight excluding hydrogens is 328 g/mol. The van der Waals surface area contributed by atoms with Crippen LogP contribution in [0.25, 0.3) is 0 Å². The van der Waals surface area contributed by atoms with Gasteiger partial charge in [0.15, 0.2) is 6.29 Å². The quantitative estimate of drug-likeness (QED) is 0.720. The monoisotopic (exact) mass is 352 g/mol. The fraction of sp³-hybridized carbons (Fsp3) is 0.318. The Balaban J connectivity index is 1.69. The van der Waals surface area contributed by atoms with Crippen LogP contribution in [-0.2, 0) is 14.3 Å². The van der Waals surface area contributed by atoms with Crippen LogP contribution in [-0.4, -0.2) is 17.7 Å². The van der Waals surface area contributed by atoms with Gasteiger partial charge in [-0.05, 0) is 18.4 Å². The zero-order valence-electron chi connectivity index (χ0n) is 14.7. The van der Waals surface area contributed by atoms with Crippen molar-refractivity contribution in [3.8, 4) is 0 Å². The molecule has 2 aromatic carbocycles. The summed E-state index contributed by atoms with van der Waals surface area (Å²) >= 11 is 0. The number of aliphatic carboxylic acids is 1. The van der Waals surface area contributed by atoms with E-state index in [0.717, 1.165) is 17.5 Å². The summed E-state index contributed by atoms with van der Waals surface area (Å²) in [6.45, 7) is 0.600. The summed E-state index contributed by atoms with van der Waals surface area (Å²) in [6, 6.07) is 20.2. The highest BCUT2D eigenvalue weighted by Crippen LogP contribution is 2.39. The normalized spacial score (nSPS) is 23.2. The van der Waals surface area contributed by atoms with Crippen molar-refractivity contribution in [3.63, 3.8) is 0 Å². The Hall–Kier alpha value is -2.43. The third-order valence-electron chi connectivity index (χ3n) is 4.49. The lowest BCUT2D eigenvalue weighted by Crippen LogP contribution is -2.30. The molecule has 1 fully saturated rings.